The van der Waals surface area contributed by atoms with E-state index in [1.54, 1.807) is 14.2 Å². The van der Waals surface area contributed by atoms with Crippen LogP contribution in [0, 0.1) is 0 Å². The molecule has 2 aromatic carbocycles. The zero-order valence-corrected chi connectivity index (χ0v) is 16.5. The number of aliphatic imine (C=N–C) groups is 1. The van der Waals surface area contributed by atoms with E-state index in [1.165, 1.54) is 0 Å². The average Bonchev–Trinajstić information content (AvgIpc) is 2.70. The number of methoxy groups -OCH3 is 2. The van der Waals surface area contributed by atoms with Gasteiger partial charge in [0.05, 0.1) is 27.3 Å². The fourth-order valence-electron chi connectivity index (χ4n) is 2.55. The van der Waals surface area contributed by atoms with Crippen LogP contribution in [-0.2, 0) is 6.54 Å². The Kier molecular flexibility index (Phi) is 8.29. The van der Waals surface area contributed by atoms with Crippen molar-refractivity contribution >= 4 is 5.96 Å². The molecule has 0 aliphatic rings. The minimum absolute atomic E-state index is 0.0589. The summed E-state index contributed by atoms with van der Waals surface area (Å²) in [5.41, 5.74) is 1.04. The largest absolute Gasteiger partial charge is 0.496 e. The number of nitrogens with one attached hydrogen (secondary N) is 2. The second kappa shape index (κ2) is 11.0. The molecule has 6 nitrogen and oxygen atoms in total. The van der Waals surface area contributed by atoms with E-state index >= 15 is 0 Å². The van der Waals surface area contributed by atoms with Crippen LogP contribution in [0.15, 0.2) is 53.5 Å². The lowest BCUT2D eigenvalue weighted by atomic mass is 10.2. The van der Waals surface area contributed by atoms with Gasteiger partial charge in [0.15, 0.2) is 17.5 Å². The van der Waals surface area contributed by atoms with Crippen molar-refractivity contribution < 1.29 is 14.2 Å². The highest BCUT2D eigenvalue weighted by atomic mass is 16.5. The summed E-state index contributed by atoms with van der Waals surface area (Å²) < 4.78 is 16.7. The van der Waals surface area contributed by atoms with Gasteiger partial charge in [0, 0.05) is 12.1 Å². The van der Waals surface area contributed by atoms with Gasteiger partial charge in [-0.1, -0.05) is 30.3 Å². The third-order valence-corrected chi connectivity index (χ3v) is 3.90. The molecule has 2 rings (SSSR count). The van der Waals surface area contributed by atoms with Crippen molar-refractivity contribution in [3.05, 3.63) is 54.1 Å². The molecular formula is C21H29N3O3. The topological polar surface area (TPSA) is 64.1 Å². The summed E-state index contributed by atoms with van der Waals surface area (Å²) in [6, 6.07) is 15.5. The molecule has 146 valence electrons. The lowest BCUT2D eigenvalue weighted by molar-refractivity contribution is 0.213. The summed E-state index contributed by atoms with van der Waals surface area (Å²) >= 11 is 0. The van der Waals surface area contributed by atoms with Crippen molar-refractivity contribution in [2.75, 3.05) is 27.3 Å². The predicted molar refractivity (Wildman–Crippen MR) is 109 cm³/mol. The van der Waals surface area contributed by atoms with E-state index in [9.17, 15) is 0 Å². The molecule has 0 bridgehead atoms. The third kappa shape index (κ3) is 6.40. The zero-order valence-electron chi connectivity index (χ0n) is 16.5. The first-order valence-electron chi connectivity index (χ1n) is 9.11. The van der Waals surface area contributed by atoms with E-state index in [4.69, 9.17) is 14.2 Å². The maximum absolute atomic E-state index is 5.97. The molecule has 0 aromatic heterocycles. The molecular weight excluding hydrogens is 342 g/mol. The number of para-hydroxylation sites is 3. The summed E-state index contributed by atoms with van der Waals surface area (Å²) in [4.78, 5) is 4.64. The molecule has 0 fully saturated rings. The van der Waals surface area contributed by atoms with Gasteiger partial charge in [-0.15, -0.1) is 0 Å². The number of hydrogen-bond acceptors (Lipinski definition) is 4. The monoisotopic (exact) mass is 371 g/mol. The Labute approximate surface area is 161 Å². The van der Waals surface area contributed by atoms with E-state index in [0.717, 1.165) is 35.3 Å². The summed E-state index contributed by atoms with van der Waals surface area (Å²) in [6.07, 6.45) is -0.0589. The SMILES string of the molecule is CCNC(=NCc1ccccc1OC)NCC(C)Oc1ccccc1OC. The molecule has 2 aromatic rings. The van der Waals surface area contributed by atoms with E-state index in [2.05, 4.69) is 15.6 Å². The van der Waals surface area contributed by atoms with Crippen molar-refractivity contribution in [2.24, 2.45) is 4.99 Å². The Morgan fingerprint density at radius 3 is 2.22 bits per heavy atom. The zero-order chi connectivity index (χ0) is 19.5. The van der Waals surface area contributed by atoms with Gasteiger partial charge in [0.25, 0.3) is 0 Å². The van der Waals surface area contributed by atoms with Gasteiger partial charge in [-0.2, -0.15) is 0 Å². The Morgan fingerprint density at radius 2 is 1.56 bits per heavy atom. The minimum atomic E-state index is -0.0589. The van der Waals surface area contributed by atoms with Gasteiger partial charge in [-0.25, -0.2) is 4.99 Å². The van der Waals surface area contributed by atoms with Gasteiger partial charge in [-0.3, -0.25) is 0 Å². The predicted octanol–water partition coefficient (Wildman–Crippen LogP) is 3.23. The first-order valence-corrected chi connectivity index (χ1v) is 9.11. The normalized spacial score (nSPS) is 12.2. The highest BCUT2D eigenvalue weighted by molar-refractivity contribution is 5.79. The van der Waals surface area contributed by atoms with Crippen LogP contribution in [0.25, 0.3) is 0 Å². The standard InChI is InChI=1S/C21H29N3O3/c1-5-22-21(24-15-17-10-6-7-11-18(17)25-3)23-14-16(2)27-20-13-9-8-12-19(20)26-4/h6-13,16H,5,14-15H2,1-4H3,(H2,22,23,24). The van der Waals surface area contributed by atoms with Crippen LogP contribution >= 0.6 is 0 Å². The summed E-state index contributed by atoms with van der Waals surface area (Å²) in [7, 11) is 3.31. The van der Waals surface area contributed by atoms with Crippen LogP contribution < -0.4 is 24.8 Å². The fourth-order valence-corrected chi connectivity index (χ4v) is 2.55. The fraction of sp³-hybridized carbons (Fsp3) is 0.381. The molecule has 0 amide bonds. The van der Waals surface area contributed by atoms with Crippen molar-refractivity contribution in [3.63, 3.8) is 0 Å². The lowest BCUT2D eigenvalue weighted by Gasteiger charge is -2.19. The summed E-state index contributed by atoms with van der Waals surface area (Å²) in [6.45, 7) is 5.95. The van der Waals surface area contributed by atoms with E-state index < -0.39 is 0 Å². The first-order chi connectivity index (χ1) is 13.2. The van der Waals surface area contributed by atoms with Crippen molar-refractivity contribution in [1.82, 2.24) is 10.6 Å². The average molecular weight is 371 g/mol. The van der Waals surface area contributed by atoms with Crippen LogP contribution in [0.4, 0.5) is 0 Å². The second-order valence-electron chi connectivity index (χ2n) is 5.97. The number of guanidine groups is 1. The molecule has 1 atom stereocenters. The van der Waals surface area contributed by atoms with E-state index in [1.807, 2.05) is 62.4 Å². The first kappa shape index (κ1) is 20.4. The number of rotatable bonds is 9. The molecule has 0 spiro atoms. The van der Waals surface area contributed by atoms with Crippen molar-refractivity contribution in [1.29, 1.82) is 0 Å². The molecule has 0 aliphatic carbocycles. The van der Waals surface area contributed by atoms with Gasteiger partial charge in [0.2, 0.25) is 0 Å². The van der Waals surface area contributed by atoms with Crippen molar-refractivity contribution in [2.45, 2.75) is 26.5 Å². The molecule has 0 saturated heterocycles. The maximum atomic E-state index is 5.97. The van der Waals surface area contributed by atoms with Gasteiger partial charge < -0.3 is 24.8 Å². The quantitative estimate of drug-likeness (QED) is 0.523. The lowest BCUT2D eigenvalue weighted by Crippen LogP contribution is -2.41. The van der Waals surface area contributed by atoms with E-state index in [0.29, 0.717) is 13.1 Å². The van der Waals surface area contributed by atoms with Crippen molar-refractivity contribution in [3.8, 4) is 17.2 Å². The Hall–Kier alpha value is -2.89. The number of nitrogens with zero attached hydrogens (tertiary/aromatic N) is 1. The highest BCUT2D eigenvalue weighted by Gasteiger charge is 2.09. The molecule has 1 unspecified atom stereocenters. The molecule has 0 aliphatic heterocycles. The van der Waals surface area contributed by atoms with Gasteiger partial charge in [-0.05, 0) is 32.0 Å². The highest BCUT2D eigenvalue weighted by Crippen LogP contribution is 2.26. The molecule has 2 N–H and O–H groups in total. The second-order valence-corrected chi connectivity index (χ2v) is 5.97. The number of ether oxygens (including phenoxy) is 3. The molecule has 0 heterocycles. The Bertz CT molecular complexity index is 734. The molecule has 6 heteroatoms. The molecule has 0 radical (unpaired) electrons. The number of hydrogen-bond donors (Lipinski definition) is 2. The minimum Gasteiger partial charge on any atom is -0.496 e. The Morgan fingerprint density at radius 1 is 0.926 bits per heavy atom. The smallest absolute Gasteiger partial charge is 0.191 e. The van der Waals surface area contributed by atoms with Gasteiger partial charge >= 0.3 is 0 Å². The number of benzene rings is 2. The van der Waals surface area contributed by atoms with Crippen LogP contribution in [0.1, 0.15) is 19.4 Å². The summed E-state index contributed by atoms with van der Waals surface area (Å²) in [5, 5.41) is 6.57. The van der Waals surface area contributed by atoms with Gasteiger partial charge in [0.1, 0.15) is 11.9 Å². The van der Waals surface area contributed by atoms with Crippen LogP contribution in [0.2, 0.25) is 0 Å². The van der Waals surface area contributed by atoms with Crippen LogP contribution in [0.5, 0.6) is 17.2 Å². The summed E-state index contributed by atoms with van der Waals surface area (Å²) in [5.74, 6) is 3.02. The molecule has 27 heavy (non-hydrogen) atoms. The molecule has 0 saturated carbocycles. The van der Waals surface area contributed by atoms with Crippen LogP contribution in [-0.4, -0.2) is 39.4 Å². The van der Waals surface area contributed by atoms with Crippen LogP contribution in [0.3, 0.4) is 0 Å². The maximum Gasteiger partial charge on any atom is 0.191 e. The third-order valence-electron chi connectivity index (χ3n) is 3.90. The van der Waals surface area contributed by atoms with E-state index in [-0.39, 0.29) is 6.10 Å². The Balaban J connectivity index is 1.95.